The summed E-state index contributed by atoms with van der Waals surface area (Å²) in [5, 5.41) is 3.02. The minimum atomic E-state index is -3.53. The van der Waals surface area contributed by atoms with E-state index in [-0.39, 0.29) is 29.7 Å². The molecular weight excluding hydrogens is 394 g/mol. The molecule has 1 N–H and O–H groups in total. The predicted molar refractivity (Wildman–Crippen MR) is 107 cm³/mol. The molecule has 0 aromatic heterocycles. The summed E-state index contributed by atoms with van der Waals surface area (Å²) in [4.78, 5) is 27.2. The number of methoxy groups -OCH3 is 1. The number of hydrogen-bond donors (Lipinski definition) is 1. The molecule has 1 aliphatic carbocycles. The first-order chi connectivity index (χ1) is 13.9. The summed E-state index contributed by atoms with van der Waals surface area (Å²) in [5.74, 6) is 0.371. The van der Waals surface area contributed by atoms with Gasteiger partial charge in [0.15, 0.2) is 0 Å². The standard InChI is InChI=1S/C20H27N3O5S/c1-28-17-7-2-14(3-8-17)4-9-19(24)21-15-12-18-20(25)23(16-5-6-16)29(26,27)11-10-22(18)13-15/h2-3,7-8,15-16,18H,4-6,9-13H2,1H3,(H,21,24)/t15-,18-/m0/s1. The van der Waals surface area contributed by atoms with Crippen LogP contribution in [0.25, 0.3) is 0 Å². The normalized spacial score (nSPS) is 26.7. The highest BCUT2D eigenvalue weighted by atomic mass is 32.2. The van der Waals surface area contributed by atoms with Crippen LogP contribution >= 0.6 is 0 Å². The zero-order valence-electron chi connectivity index (χ0n) is 16.5. The average molecular weight is 422 g/mol. The molecule has 3 aliphatic rings. The monoisotopic (exact) mass is 421 g/mol. The first-order valence-corrected chi connectivity index (χ1v) is 11.7. The highest BCUT2D eigenvalue weighted by Crippen LogP contribution is 2.34. The molecule has 9 heteroatoms. The lowest BCUT2D eigenvalue weighted by Crippen LogP contribution is -2.45. The van der Waals surface area contributed by atoms with Gasteiger partial charge in [0, 0.05) is 31.6 Å². The third-order valence-electron chi connectivity index (χ3n) is 5.89. The van der Waals surface area contributed by atoms with Crippen LogP contribution in [-0.4, -0.2) is 73.5 Å². The van der Waals surface area contributed by atoms with E-state index < -0.39 is 16.1 Å². The van der Waals surface area contributed by atoms with E-state index in [1.165, 1.54) is 0 Å². The molecule has 1 aromatic rings. The van der Waals surface area contributed by atoms with Crippen molar-refractivity contribution in [2.45, 2.75) is 50.2 Å². The van der Waals surface area contributed by atoms with Gasteiger partial charge in [0.2, 0.25) is 15.9 Å². The van der Waals surface area contributed by atoms with Crippen LogP contribution in [0.15, 0.2) is 24.3 Å². The van der Waals surface area contributed by atoms with Crippen LogP contribution in [-0.2, 0) is 26.0 Å². The lowest BCUT2D eigenvalue weighted by Gasteiger charge is -2.23. The molecule has 2 atom stereocenters. The first-order valence-electron chi connectivity index (χ1n) is 10.1. The third-order valence-corrected chi connectivity index (χ3v) is 7.66. The number of sulfonamides is 1. The van der Waals surface area contributed by atoms with Gasteiger partial charge in [-0.3, -0.25) is 14.5 Å². The van der Waals surface area contributed by atoms with E-state index in [1.807, 2.05) is 29.2 Å². The number of ether oxygens (including phenoxy) is 1. The van der Waals surface area contributed by atoms with Crippen molar-refractivity contribution < 1.29 is 22.7 Å². The molecular formula is C20H27N3O5S. The van der Waals surface area contributed by atoms with Gasteiger partial charge >= 0.3 is 0 Å². The van der Waals surface area contributed by atoms with E-state index >= 15 is 0 Å². The molecule has 2 amide bonds. The second-order valence-electron chi connectivity index (χ2n) is 8.04. The second-order valence-corrected chi connectivity index (χ2v) is 10.0. The van der Waals surface area contributed by atoms with Crippen molar-refractivity contribution >= 4 is 21.8 Å². The molecule has 2 heterocycles. The average Bonchev–Trinajstić information content (AvgIpc) is 3.45. The van der Waals surface area contributed by atoms with E-state index in [0.29, 0.717) is 32.4 Å². The molecule has 0 bridgehead atoms. The number of carbonyl (C=O) groups excluding carboxylic acids is 2. The van der Waals surface area contributed by atoms with Crippen LogP contribution in [0.3, 0.4) is 0 Å². The predicted octanol–water partition coefficient (Wildman–Crippen LogP) is 0.521. The van der Waals surface area contributed by atoms with Crippen LogP contribution in [0.2, 0.25) is 0 Å². The molecule has 29 heavy (non-hydrogen) atoms. The van der Waals surface area contributed by atoms with E-state index in [4.69, 9.17) is 4.74 Å². The zero-order chi connectivity index (χ0) is 20.6. The van der Waals surface area contributed by atoms with Gasteiger partial charge in [0.05, 0.1) is 18.9 Å². The Balaban J connectivity index is 1.32. The lowest BCUT2D eigenvalue weighted by atomic mass is 10.1. The van der Waals surface area contributed by atoms with Gasteiger partial charge in [0.1, 0.15) is 5.75 Å². The van der Waals surface area contributed by atoms with E-state index in [2.05, 4.69) is 5.32 Å². The fourth-order valence-corrected chi connectivity index (χ4v) is 5.92. The van der Waals surface area contributed by atoms with Crippen molar-refractivity contribution in [2.75, 3.05) is 26.0 Å². The summed E-state index contributed by atoms with van der Waals surface area (Å²) >= 11 is 0. The summed E-state index contributed by atoms with van der Waals surface area (Å²) in [6.45, 7) is 0.846. The molecule has 3 fully saturated rings. The molecule has 0 unspecified atom stereocenters. The maximum absolute atomic E-state index is 12.9. The van der Waals surface area contributed by atoms with Crippen LogP contribution < -0.4 is 10.1 Å². The van der Waals surface area contributed by atoms with Crippen LogP contribution in [0, 0.1) is 0 Å². The van der Waals surface area contributed by atoms with Crippen molar-refractivity contribution in [3.8, 4) is 5.75 Å². The van der Waals surface area contributed by atoms with E-state index in [1.54, 1.807) is 7.11 Å². The van der Waals surface area contributed by atoms with Gasteiger partial charge in [-0.1, -0.05) is 12.1 Å². The molecule has 158 valence electrons. The zero-order valence-corrected chi connectivity index (χ0v) is 17.4. The Hall–Kier alpha value is -2.13. The molecule has 2 aliphatic heterocycles. The van der Waals surface area contributed by atoms with E-state index in [9.17, 15) is 18.0 Å². The van der Waals surface area contributed by atoms with Gasteiger partial charge in [-0.15, -0.1) is 0 Å². The van der Waals surface area contributed by atoms with Gasteiger partial charge < -0.3 is 10.1 Å². The Labute approximate surface area is 171 Å². The fourth-order valence-electron chi connectivity index (χ4n) is 4.19. The third kappa shape index (κ3) is 4.40. The van der Waals surface area contributed by atoms with Gasteiger partial charge in [-0.2, -0.15) is 0 Å². The topological polar surface area (TPSA) is 96.0 Å². The van der Waals surface area contributed by atoms with Crippen molar-refractivity contribution in [3.63, 3.8) is 0 Å². The number of nitrogens with one attached hydrogen (secondary N) is 1. The molecule has 4 rings (SSSR count). The summed E-state index contributed by atoms with van der Waals surface area (Å²) in [6, 6.07) is 6.88. The Kier molecular flexibility index (Phi) is 5.52. The van der Waals surface area contributed by atoms with Crippen LogP contribution in [0.5, 0.6) is 5.75 Å². The lowest BCUT2D eigenvalue weighted by molar-refractivity contribution is -0.131. The Morgan fingerprint density at radius 2 is 1.97 bits per heavy atom. The van der Waals surface area contributed by atoms with E-state index in [0.717, 1.165) is 28.5 Å². The smallest absolute Gasteiger partial charge is 0.253 e. The number of carbonyl (C=O) groups is 2. The maximum atomic E-state index is 12.9. The Morgan fingerprint density at radius 1 is 1.24 bits per heavy atom. The number of fused-ring (bicyclic) bond motifs is 1. The quantitative estimate of drug-likeness (QED) is 0.720. The molecule has 1 saturated carbocycles. The number of hydrogen-bond acceptors (Lipinski definition) is 6. The van der Waals surface area contributed by atoms with Crippen LogP contribution in [0.1, 0.15) is 31.2 Å². The Bertz CT molecular complexity index is 882. The maximum Gasteiger partial charge on any atom is 0.253 e. The minimum Gasteiger partial charge on any atom is -0.497 e. The fraction of sp³-hybridized carbons (Fsp3) is 0.600. The molecule has 1 aromatic carbocycles. The number of nitrogens with zero attached hydrogens (tertiary/aromatic N) is 2. The summed E-state index contributed by atoms with van der Waals surface area (Å²) < 4.78 is 31.2. The minimum absolute atomic E-state index is 0.0378. The summed E-state index contributed by atoms with van der Waals surface area (Å²) in [7, 11) is -1.91. The Morgan fingerprint density at radius 3 is 2.62 bits per heavy atom. The van der Waals surface area contributed by atoms with Crippen molar-refractivity contribution in [1.82, 2.24) is 14.5 Å². The number of amides is 2. The van der Waals surface area contributed by atoms with Gasteiger partial charge in [-0.25, -0.2) is 12.7 Å². The SMILES string of the molecule is COc1ccc(CCC(=O)N[C@H]2C[C@H]3C(=O)N(C4CC4)S(=O)(=O)CCN3C2)cc1. The molecule has 2 saturated heterocycles. The van der Waals surface area contributed by atoms with Crippen LogP contribution in [0.4, 0.5) is 0 Å². The number of rotatable bonds is 6. The van der Waals surface area contributed by atoms with Crippen molar-refractivity contribution in [1.29, 1.82) is 0 Å². The van der Waals surface area contributed by atoms with Gasteiger partial charge in [0.25, 0.3) is 5.91 Å². The summed E-state index contributed by atoms with van der Waals surface area (Å²) in [5.41, 5.74) is 1.06. The number of aryl methyl sites for hydroxylation is 1. The summed E-state index contributed by atoms with van der Waals surface area (Å²) in [6.07, 6.45) is 2.96. The number of benzene rings is 1. The van der Waals surface area contributed by atoms with Gasteiger partial charge in [-0.05, 0) is 43.4 Å². The highest BCUT2D eigenvalue weighted by molar-refractivity contribution is 7.89. The molecule has 0 spiro atoms. The van der Waals surface area contributed by atoms with Crippen molar-refractivity contribution in [2.24, 2.45) is 0 Å². The molecule has 8 nitrogen and oxygen atoms in total. The van der Waals surface area contributed by atoms with Crippen molar-refractivity contribution in [3.05, 3.63) is 29.8 Å². The largest absolute Gasteiger partial charge is 0.497 e. The molecule has 0 radical (unpaired) electrons. The first kappa shape index (κ1) is 20.2. The highest BCUT2D eigenvalue weighted by Gasteiger charge is 2.49. The second kappa shape index (κ2) is 7.95.